The molecule has 0 amide bonds. The average Bonchev–Trinajstić information content (AvgIpc) is 2.44. The minimum atomic E-state index is -0.0555. The summed E-state index contributed by atoms with van der Waals surface area (Å²) in [7, 11) is 0. The van der Waals surface area contributed by atoms with Crippen LogP contribution in [0.3, 0.4) is 0 Å². The van der Waals surface area contributed by atoms with Crippen molar-refractivity contribution in [3.63, 3.8) is 0 Å². The second-order valence-corrected chi connectivity index (χ2v) is 6.36. The van der Waals surface area contributed by atoms with Gasteiger partial charge in [-0.1, -0.05) is 19.8 Å². The summed E-state index contributed by atoms with van der Waals surface area (Å²) in [6.45, 7) is 6.24. The summed E-state index contributed by atoms with van der Waals surface area (Å²) in [6.07, 6.45) is 3.36. The minimum absolute atomic E-state index is 0. The number of hydrogen-bond donors (Lipinski definition) is 1. The summed E-state index contributed by atoms with van der Waals surface area (Å²) in [5.74, 6) is -0.0555. The average molecular weight is 413 g/mol. The summed E-state index contributed by atoms with van der Waals surface area (Å²) >= 11 is 2.27. The van der Waals surface area contributed by atoms with Gasteiger partial charge in [-0.15, -0.1) is 12.4 Å². The first kappa shape index (κ1) is 18.1. The zero-order valence-corrected chi connectivity index (χ0v) is 14.8. The van der Waals surface area contributed by atoms with Crippen LogP contribution in [0.2, 0.25) is 0 Å². The molecule has 0 aliphatic carbocycles. The number of halogens is 3. The zero-order valence-electron chi connectivity index (χ0n) is 11.9. The highest BCUT2D eigenvalue weighted by Gasteiger charge is 2.24. The normalized spacial score (nSPS) is 17.6. The van der Waals surface area contributed by atoms with Crippen LogP contribution in [-0.4, -0.2) is 31.1 Å². The monoisotopic (exact) mass is 412 g/mol. The first-order valence-electron chi connectivity index (χ1n) is 7.12. The van der Waals surface area contributed by atoms with Gasteiger partial charge in [-0.3, -0.25) is 4.90 Å². The number of nitrogens with zero attached hydrogens (tertiary/aromatic N) is 1. The molecule has 0 bridgehead atoms. The number of unbranched alkanes of at least 4 members (excludes halogenated alkanes) is 1. The molecule has 1 aliphatic heterocycles. The van der Waals surface area contributed by atoms with E-state index in [0.29, 0.717) is 0 Å². The molecule has 1 atom stereocenters. The highest BCUT2D eigenvalue weighted by Crippen LogP contribution is 2.29. The lowest BCUT2D eigenvalue weighted by atomic mass is 9.98. The Morgan fingerprint density at radius 2 is 2.05 bits per heavy atom. The summed E-state index contributed by atoms with van der Waals surface area (Å²) < 4.78 is 15.3. The fourth-order valence-electron chi connectivity index (χ4n) is 2.70. The van der Waals surface area contributed by atoms with Gasteiger partial charge in [0.25, 0.3) is 0 Å². The molecule has 0 aromatic heterocycles. The summed E-state index contributed by atoms with van der Waals surface area (Å²) in [4.78, 5) is 2.43. The SMILES string of the molecule is CCCC[C@H](c1cc(I)ccc1F)N1CCNCC1.Cl. The number of piperazine rings is 1. The molecular formula is C15H23ClFIN2. The van der Waals surface area contributed by atoms with Crippen molar-refractivity contribution >= 4 is 35.0 Å². The second kappa shape index (κ2) is 9.18. The third-order valence-corrected chi connectivity index (χ3v) is 4.41. The maximum atomic E-state index is 14.2. The van der Waals surface area contributed by atoms with Gasteiger partial charge in [0.1, 0.15) is 5.82 Å². The molecule has 1 aromatic rings. The van der Waals surface area contributed by atoms with E-state index in [1.807, 2.05) is 12.1 Å². The smallest absolute Gasteiger partial charge is 0.128 e. The molecule has 5 heteroatoms. The molecule has 20 heavy (non-hydrogen) atoms. The molecule has 1 saturated heterocycles. The predicted molar refractivity (Wildman–Crippen MR) is 93.1 cm³/mol. The molecule has 1 aromatic carbocycles. The zero-order chi connectivity index (χ0) is 13.7. The van der Waals surface area contributed by atoms with E-state index in [4.69, 9.17) is 0 Å². The summed E-state index contributed by atoms with van der Waals surface area (Å²) in [5, 5.41) is 3.37. The Morgan fingerprint density at radius 1 is 1.35 bits per heavy atom. The predicted octanol–water partition coefficient (Wildman–Crippen LogP) is 3.99. The third-order valence-electron chi connectivity index (χ3n) is 3.74. The second-order valence-electron chi connectivity index (χ2n) is 5.11. The molecule has 1 fully saturated rings. The van der Waals surface area contributed by atoms with Crippen LogP contribution in [0.4, 0.5) is 4.39 Å². The van der Waals surface area contributed by atoms with Gasteiger partial charge < -0.3 is 5.32 Å². The Labute approximate surface area is 141 Å². The molecule has 1 aliphatic rings. The van der Waals surface area contributed by atoms with Gasteiger partial charge in [0.2, 0.25) is 0 Å². The lowest BCUT2D eigenvalue weighted by molar-refractivity contribution is 0.160. The lowest BCUT2D eigenvalue weighted by Crippen LogP contribution is -2.45. The first-order valence-corrected chi connectivity index (χ1v) is 8.20. The highest BCUT2D eigenvalue weighted by molar-refractivity contribution is 14.1. The maximum absolute atomic E-state index is 14.2. The van der Waals surface area contributed by atoms with Gasteiger partial charge in [0.15, 0.2) is 0 Å². The fourth-order valence-corrected chi connectivity index (χ4v) is 3.21. The topological polar surface area (TPSA) is 15.3 Å². The van der Waals surface area contributed by atoms with Gasteiger partial charge in [-0.2, -0.15) is 0 Å². The van der Waals surface area contributed by atoms with E-state index in [1.54, 1.807) is 6.07 Å². The Balaban J connectivity index is 0.00000200. The van der Waals surface area contributed by atoms with Crippen LogP contribution in [0, 0.1) is 9.39 Å². The fraction of sp³-hybridized carbons (Fsp3) is 0.600. The minimum Gasteiger partial charge on any atom is -0.314 e. The number of hydrogen-bond acceptors (Lipinski definition) is 2. The van der Waals surface area contributed by atoms with Crippen molar-refractivity contribution in [1.29, 1.82) is 0 Å². The van der Waals surface area contributed by atoms with E-state index in [9.17, 15) is 4.39 Å². The van der Waals surface area contributed by atoms with E-state index >= 15 is 0 Å². The van der Waals surface area contributed by atoms with Crippen molar-refractivity contribution in [3.8, 4) is 0 Å². The van der Waals surface area contributed by atoms with Gasteiger partial charge in [-0.25, -0.2) is 4.39 Å². The van der Waals surface area contributed by atoms with Crippen molar-refractivity contribution in [3.05, 3.63) is 33.1 Å². The quantitative estimate of drug-likeness (QED) is 0.736. The van der Waals surface area contributed by atoms with E-state index in [-0.39, 0.29) is 24.3 Å². The lowest BCUT2D eigenvalue weighted by Gasteiger charge is -2.35. The first-order chi connectivity index (χ1) is 9.22. The number of nitrogens with one attached hydrogen (secondary N) is 1. The summed E-state index contributed by atoms with van der Waals surface area (Å²) in [6, 6.07) is 5.70. The molecule has 114 valence electrons. The van der Waals surface area contributed by atoms with E-state index in [2.05, 4.69) is 39.7 Å². The maximum Gasteiger partial charge on any atom is 0.128 e. The van der Waals surface area contributed by atoms with Crippen LogP contribution < -0.4 is 5.32 Å². The van der Waals surface area contributed by atoms with Crippen LogP contribution in [0.5, 0.6) is 0 Å². The van der Waals surface area contributed by atoms with Gasteiger partial charge in [-0.05, 0) is 47.2 Å². The van der Waals surface area contributed by atoms with Crippen LogP contribution in [0.25, 0.3) is 0 Å². The summed E-state index contributed by atoms with van der Waals surface area (Å²) in [5.41, 5.74) is 0.877. The standard InChI is InChI=1S/C15H22FIN2.ClH/c1-2-3-4-15(19-9-7-18-8-10-19)13-11-12(17)5-6-14(13)16;/h5-6,11,15,18H,2-4,7-10H2,1H3;1H/t15-;/m1./s1. The molecule has 1 heterocycles. The van der Waals surface area contributed by atoms with E-state index in [1.165, 1.54) is 0 Å². The van der Waals surface area contributed by atoms with Crippen LogP contribution in [0.1, 0.15) is 37.8 Å². The molecule has 0 spiro atoms. The molecule has 1 N–H and O–H groups in total. The van der Waals surface area contributed by atoms with Crippen LogP contribution in [-0.2, 0) is 0 Å². The highest BCUT2D eigenvalue weighted by atomic mass is 127. The molecule has 2 rings (SSSR count). The number of benzene rings is 1. The van der Waals surface area contributed by atoms with E-state index in [0.717, 1.165) is 54.6 Å². The van der Waals surface area contributed by atoms with Crippen LogP contribution >= 0.6 is 35.0 Å². The Kier molecular flexibility index (Phi) is 8.32. The molecule has 2 nitrogen and oxygen atoms in total. The number of rotatable bonds is 5. The van der Waals surface area contributed by atoms with Crippen LogP contribution in [0.15, 0.2) is 18.2 Å². The van der Waals surface area contributed by atoms with Gasteiger partial charge in [0.05, 0.1) is 0 Å². The Hall–Kier alpha value is 0.0900. The van der Waals surface area contributed by atoms with Crippen molar-refractivity contribution in [2.45, 2.75) is 32.2 Å². The molecule has 0 radical (unpaired) electrons. The van der Waals surface area contributed by atoms with Crippen molar-refractivity contribution in [2.75, 3.05) is 26.2 Å². The van der Waals surface area contributed by atoms with Crippen molar-refractivity contribution in [1.82, 2.24) is 10.2 Å². The van der Waals surface area contributed by atoms with E-state index < -0.39 is 0 Å². The molecular weight excluding hydrogens is 390 g/mol. The third kappa shape index (κ3) is 4.83. The Bertz CT molecular complexity index is 411. The van der Waals surface area contributed by atoms with Crippen molar-refractivity contribution in [2.24, 2.45) is 0 Å². The molecule has 0 saturated carbocycles. The van der Waals surface area contributed by atoms with Gasteiger partial charge in [0, 0.05) is 41.4 Å². The van der Waals surface area contributed by atoms with Crippen molar-refractivity contribution < 1.29 is 4.39 Å². The Morgan fingerprint density at radius 3 is 2.70 bits per heavy atom. The molecule has 0 unspecified atom stereocenters. The largest absolute Gasteiger partial charge is 0.314 e. The van der Waals surface area contributed by atoms with Gasteiger partial charge >= 0.3 is 0 Å².